The molecule has 2 heterocycles. The lowest BCUT2D eigenvalue weighted by Crippen LogP contribution is -2.36. The molecular weight excluding hydrogens is 969 g/mol. The fraction of sp³-hybridized carbons (Fsp3) is 0.255. The third kappa shape index (κ3) is 12.0. The van der Waals surface area contributed by atoms with Gasteiger partial charge in [-0.1, -0.05) is 111 Å². The maximum Gasteiger partial charge on any atom is 0.530 e. The van der Waals surface area contributed by atoms with Gasteiger partial charge in [-0.15, -0.1) is 0 Å². The van der Waals surface area contributed by atoms with Gasteiger partial charge in [0.2, 0.25) is 0 Å². The first kappa shape index (κ1) is 52.2. The van der Waals surface area contributed by atoms with Gasteiger partial charge in [-0.3, -0.25) is 13.9 Å². The number of ether oxygens (including phenoxy) is 1. The number of carbonyl (C=O) groups excluding carboxylic acids is 2. The number of aromatic nitrogens is 2. The Hall–Kier alpha value is -7.17. The average Bonchev–Trinajstić information content (AvgIpc) is 3.86. The van der Waals surface area contributed by atoms with E-state index in [1.165, 1.54) is 30.3 Å². The molecule has 0 aliphatic carbocycles. The number of halogens is 5. The number of phosphoric ester groups is 1. The smallest absolute Gasteiger partial charge is 0.444 e. The van der Waals surface area contributed by atoms with Crippen LogP contribution in [0.3, 0.4) is 0 Å². The molecule has 0 saturated carbocycles. The van der Waals surface area contributed by atoms with Gasteiger partial charge in [-0.2, -0.15) is 18.3 Å². The van der Waals surface area contributed by atoms with Gasteiger partial charge >= 0.3 is 26.1 Å². The third-order valence-electron chi connectivity index (χ3n) is 12.7. The van der Waals surface area contributed by atoms with Crippen molar-refractivity contribution in [1.82, 2.24) is 20.0 Å². The summed E-state index contributed by atoms with van der Waals surface area (Å²) in [5.41, 5.74) is 4.84. The SMILES string of the molecule is CCc1cccc(CC)c1-n1nc2c(c1-c1cc(F)c(NC(=O)NC(=O)OCc3ccc(OP(=O)(OCc4ccccc4)OCc4ccccc4)cc3)cc1F)CN(Cc1ccc(C(F)(F)F)cc1C)C2(C)C. The highest BCUT2D eigenvalue weighted by atomic mass is 31.2. The molecule has 8 rings (SSSR count). The van der Waals surface area contributed by atoms with Crippen LogP contribution in [0.25, 0.3) is 16.9 Å². The van der Waals surface area contributed by atoms with Crippen molar-refractivity contribution in [2.24, 2.45) is 0 Å². The lowest BCUT2D eigenvalue weighted by molar-refractivity contribution is -0.137. The molecule has 6 aromatic carbocycles. The maximum absolute atomic E-state index is 16.7. The first-order chi connectivity index (χ1) is 34.8. The van der Waals surface area contributed by atoms with Crippen LogP contribution in [-0.4, -0.2) is 26.8 Å². The Bertz CT molecular complexity index is 3100. The number of urea groups is 1. The number of anilines is 1. The van der Waals surface area contributed by atoms with Crippen LogP contribution in [0.2, 0.25) is 0 Å². The molecule has 0 saturated heterocycles. The zero-order valence-corrected chi connectivity index (χ0v) is 41.6. The standard InChI is InChI=1S/C55H53F5N5O7P/c1-6-39-19-14-20-40(7-2)49(39)65-50(45-31-64(54(4,5)51(45)63-65)30-41-23-24-42(27-35(41)3)55(58,59)60)44-28-47(57)48(29-46(44)56)61-52(66)62-53(67)69-32-38-21-25-43(26-22-38)72-73(68,70-33-36-15-10-8-11-16-36)71-34-37-17-12-9-13-18-37/h8-29H,6-7,30-34H2,1-5H3,(H2,61,62,66,67). The summed E-state index contributed by atoms with van der Waals surface area (Å²) in [5.74, 6) is -1.78. The number of imide groups is 1. The Morgan fingerprint density at radius 1 is 0.740 bits per heavy atom. The van der Waals surface area contributed by atoms with E-state index in [-0.39, 0.29) is 49.9 Å². The summed E-state index contributed by atoms with van der Waals surface area (Å²) in [6, 6.07) is 34.2. The molecule has 0 fully saturated rings. The predicted octanol–water partition coefficient (Wildman–Crippen LogP) is 13.9. The third-order valence-corrected chi connectivity index (χ3v) is 14.0. The van der Waals surface area contributed by atoms with Crippen molar-refractivity contribution >= 4 is 25.6 Å². The van der Waals surface area contributed by atoms with E-state index in [2.05, 4.69) is 5.32 Å². The van der Waals surface area contributed by atoms with Crippen LogP contribution < -0.4 is 15.2 Å². The summed E-state index contributed by atoms with van der Waals surface area (Å²) in [4.78, 5) is 27.8. The summed E-state index contributed by atoms with van der Waals surface area (Å²) in [6.45, 7) is 9.49. The average molecular weight is 1020 g/mol. The summed E-state index contributed by atoms with van der Waals surface area (Å²) in [7, 11) is -4.16. The molecule has 0 atom stereocenters. The van der Waals surface area contributed by atoms with Crippen LogP contribution in [0.5, 0.6) is 5.75 Å². The topological polar surface area (TPSA) is 133 Å². The highest BCUT2D eigenvalue weighted by molar-refractivity contribution is 7.48. The van der Waals surface area contributed by atoms with Crippen LogP contribution in [0.15, 0.2) is 133 Å². The number of hydrogen-bond donors (Lipinski definition) is 2. The Morgan fingerprint density at radius 3 is 1.92 bits per heavy atom. The quantitative estimate of drug-likeness (QED) is 0.0675. The molecule has 73 heavy (non-hydrogen) atoms. The highest BCUT2D eigenvalue weighted by Gasteiger charge is 2.44. The molecule has 7 aromatic rings. The molecule has 1 aliphatic rings. The normalized spacial score (nSPS) is 13.4. The van der Waals surface area contributed by atoms with Crippen molar-refractivity contribution in [1.29, 1.82) is 0 Å². The van der Waals surface area contributed by atoms with Gasteiger partial charge in [-0.25, -0.2) is 32.9 Å². The van der Waals surface area contributed by atoms with Crippen LogP contribution in [0.1, 0.15) is 83.5 Å². The van der Waals surface area contributed by atoms with E-state index in [0.29, 0.717) is 40.8 Å². The number of phosphoric acid groups is 1. The Kier molecular flexibility index (Phi) is 15.6. The fourth-order valence-corrected chi connectivity index (χ4v) is 9.82. The molecule has 2 N–H and O–H groups in total. The number of benzene rings is 6. The van der Waals surface area contributed by atoms with Gasteiger partial charge in [-0.05, 0) is 103 Å². The molecule has 12 nitrogen and oxygen atoms in total. The van der Waals surface area contributed by atoms with Gasteiger partial charge in [0, 0.05) is 30.3 Å². The lowest BCUT2D eigenvalue weighted by Gasteiger charge is -2.32. The van der Waals surface area contributed by atoms with Gasteiger partial charge < -0.3 is 14.6 Å². The van der Waals surface area contributed by atoms with Crippen molar-refractivity contribution in [3.8, 4) is 22.7 Å². The number of aryl methyl sites for hydroxylation is 3. The predicted molar refractivity (Wildman–Crippen MR) is 266 cm³/mol. The number of hydrogen-bond acceptors (Lipinski definition) is 9. The molecule has 3 amide bonds. The second kappa shape index (κ2) is 21.9. The largest absolute Gasteiger partial charge is 0.530 e. The summed E-state index contributed by atoms with van der Waals surface area (Å²) in [5, 5.41) is 9.25. The minimum atomic E-state index is -4.50. The van der Waals surface area contributed by atoms with Gasteiger partial charge in [0.05, 0.1) is 47.1 Å². The molecular formula is C55H53F5N5O7P. The summed E-state index contributed by atoms with van der Waals surface area (Å²) < 4.78 is 111. The first-order valence-electron chi connectivity index (χ1n) is 23.5. The number of carbonyl (C=O) groups is 2. The number of nitrogens with one attached hydrogen (secondary N) is 2. The molecule has 0 spiro atoms. The molecule has 0 radical (unpaired) electrons. The zero-order chi connectivity index (χ0) is 52.1. The Morgan fingerprint density at radius 2 is 1.34 bits per heavy atom. The molecule has 1 aromatic heterocycles. The molecule has 380 valence electrons. The second-order valence-electron chi connectivity index (χ2n) is 17.9. The van der Waals surface area contributed by atoms with Crippen molar-refractivity contribution < 1.29 is 54.4 Å². The summed E-state index contributed by atoms with van der Waals surface area (Å²) >= 11 is 0. The highest BCUT2D eigenvalue weighted by Crippen LogP contribution is 2.51. The van der Waals surface area contributed by atoms with E-state index < -0.39 is 54.5 Å². The van der Waals surface area contributed by atoms with Crippen LogP contribution in [0, 0.1) is 18.6 Å². The number of amides is 3. The molecule has 18 heteroatoms. The number of para-hydroxylation sites is 1. The fourth-order valence-electron chi connectivity index (χ4n) is 8.64. The maximum atomic E-state index is 16.7. The van der Waals surface area contributed by atoms with Gasteiger partial charge in [0.15, 0.2) is 0 Å². The molecule has 0 unspecified atom stereocenters. The summed E-state index contributed by atoms with van der Waals surface area (Å²) in [6.07, 6.45) is -4.48. The van der Waals surface area contributed by atoms with Crippen molar-refractivity contribution in [2.75, 3.05) is 5.32 Å². The van der Waals surface area contributed by atoms with Crippen molar-refractivity contribution in [2.45, 2.75) is 92.1 Å². The monoisotopic (exact) mass is 1020 g/mol. The second-order valence-corrected chi connectivity index (χ2v) is 19.5. The van der Waals surface area contributed by atoms with E-state index in [1.54, 1.807) is 35.9 Å². The van der Waals surface area contributed by atoms with Gasteiger partial charge in [0.25, 0.3) is 0 Å². The van der Waals surface area contributed by atoms with E-state index in [4.69, 9.17) is 23.4 Å². The van der Waals surface area contributed by atoms with Gasteiger partial charge in [0.1, 0.15) is 24.0 Å². The Balaban J connectivity index is 0.958. The first-order valence-corrected chi connectivity index (χ1v) is 25.0. The minimum absolute atomic E-state index is 0.0461. The van der Waals surface area contributed by atoms with E-state index in [1.807, 2.05) is 92.5 Å². The van der Waals surface area contributed by atoms with E-state index in [9.17, 15) is 27.3 Å². The Labute approximate surface area is 419 Å². The van der Waals surface area contributed by atoms with E-state index >= 15 is 8.78 Å². The number of fused-ring (bicyclic) bond motifs is 1. The van der Waals surface area contributed by atoms with Crippen LogP contribution >= 0.6 is 7.82 Å². The molecule has 1 aliphatic heterocycles. The minimum Gasteiger partial charge on any atom is -0.444 e. The lowest BCUT2D eigenvalue weighted by atomic mass is 9.97. The van der Waals surface area contributed by atoms with E-state index in [0.717, 1.165) is 52.2 Å². The number of alkyl halides is 3. The zero-order valence-electron chi connectivity index (χ0n) is 40.7. The number of nitrogens with zero attached hydrogens (tertiary/aromatic N) is 3. The number of alkyl carbamates (subject to hydrolysis) is 1. The van der Waals surface area contributed by atoms with Crippen molar-refractivity contribution in [3.05, 3.63) is 201 Å². The van der Waals surface area contributed by atoms with Crippen molar-refractivity contribution in [3.63, 3.8) is 0 Å². The van der Waals surface area contributed by atoms with Crippen LogP contribution in [-0.2, 0) is 75.8 Å². The molecule has 0 bridgehead atoms. The number of rotatable bonds is 17. The van der Waals surface area contributed by atoms with Crippen LogP contribution in [0.4, 0.5) is 37.2 Å².